The van der Waals surface area contributed by atoms with E-state index in [0.29, 0.717) is 11.4 Å². The number of thioether (sulfide) groups is 1. The molecule has 0 spiro atoms. The van der Waals surface area contributed by atoms with Gasteiger partial charge in [-0.3, -0.25) is 9.59 Å². The van der Waals surface area contributed by atoms with Crippen LogP contribution in [0.4, 0.5) is 11.4 Å². The van der Waals surface area contributed by atoms with E-state index in [-0.39, 0.29) is 28.4 Å². The van der Waals surface area contributed by atoms with Gasteiger partial charge in [-0.05, 0) is 72.6 Å². The van der Waals surface area contributed by atoms with E-state index in [9.17, 15) is 18.0 Å². The molecule has 6 nitrogen and oxygen atoms in total. The summed E-state index contributed by atoms with van der Waals surface area (Å²) in [5, 5.41) is 4.33. The normalized spacial score (nSPS) is 17.2. The number of fused-ring (bicyclic) bond motifs is 1. The van der Waals surface area contributed by atoms with Crippen LogP contribution in [0.1, 0.15) is 25.8 Å². The lowest BCUT2D eigenvalue weighted by Gasteiger charge is -2.22. The molecular weight excluding hydrogens is 476 g/mol. The van der Waals surface area contributed by atoms with Gasteiger partial charge in [-0.15, -0.1) is 11.8 Å². The quantitative estimate of drug-likeness (QED) is 0.640. The fraction of sp³-hybridized carbons (Fsp3) is 0.300. The number of rotatable bonds is 5. The first-order chi connectivity index (χ1) is 13.6. The second-order valence-electron chi connectivity index (χ2n) is 7.00. The minimum atomic E-state index is -3.74. The molecule has 0 aliphatic carbocycles. The summed E-state index contributed by atoms with van der Waals surface area (Å²) in [6, 6.07) is 10.2. The van der Waals surface area contributed by atoms with Crippen molar-refractivity contribution in [2.75, 3.05) is 10.6 Å². The van der Waals surface area contributed by atoms with Crippen LogP contribution in [0.15, 0.2) is 50.7 Å². The van der Waals surface area contributed by atoms with Gasteiger partial charge in [0.2, 0.25) is 11.8 Å². The first-order valence-corrected chi connectivity index (χ1v) is 12.2. The van der Waals surface area contributed by atoms with Crippen molar-refractivity contribution in [3.05, 3.63) is 46.4 Å². The van der Waals surface area contributed by atoms with E-state index in [4.69, 9.17) is 0 Å². The van der Waals surface area contributed by atoms with Gasteiger partial charge in [0.15, 0.2) is 9.84 Å². The second-order valence-corrected chi connectivity index (χ2v) is 11.6. The second kappa shape index (κ2) is 8.49. The highest BCUT2D eigenvalue weighted by molar-refractivity contribution is 9.10. The molecule has 2 unspecified atom stereocenters. The van der Waals surface area contributed by atoms with Crippen molar-refractivity contribution in [3.8, 4) is 0 Å². The van der Waals surface area contributed by atoms with Crippen molar-refractivity contribution in [1.29, 1.82) is 0 Å². The highest BCUT2D eigenvalue weighted by atomic mass is 79.9. The average molecular weight is 497 g/mol. The molecule has 9 heteroatoms. The molecule has 0 radical (unpaired) electrons. The number of benzene rings is 2. The molecule has 0 saturated carbocycles. The molecule has 3 rings (SSSR count). The van der Waals surface area contributed by atoms with Crippen LogP contribution in [0.2, 0.25) is 0 Å². The number of hydrogen-bond acceptors (Lipinski definition) is 5. The molecule has 0 saturated heterocycles. The fourth-order valence-corrected chi connectivity index (χ4v) is 5.79. The molecule has 0 bridgehead atoms. The van der Waals surface area contributed by atoms with Gasteiger partial charge in [-0.25, -0.2) is 8.42 Å². The van der Waals surface area contributed by atoms with E-state index in [1.165, 1.54) is 30.8 Å². The number of hydrogen-bond donors (Lipinski definition) is 2. The van der Waals surface area contributed by atoms with Gasteiger partial charge in [0.1, 0.15) is 0 Å². The topological polar surface area (TPSA) is 92.3 Å². The number of amides is 2. The molecular formula is C20H21BrN2O4S2. The summed E-state index contributed by atoms with van der Waals surface area (Å²) < 4.78 is 26.6. The number of sulfone groups is 1. The van der Waals surface area contributed by atoms with Gasteiger partial charge < -0.3 is 10.6 Å². The van der Waals surface area contributed by atoms with Gasteiger partial charge in [0, 0.05) is 15.8 Å². The van der Waals surface area contributed by atoms with Gasteiger partial charge in [-0.1, -0.05) is 6.07 Å². The number of aryl methyl sites for hydroxylation is 1. The maximum Gasteiger partial charge on any atom is 0.237 e. The minimum absolute atomic E-state index is 0.0866. The van der Waals surface area contributed by atoms with E-state index in [1.807, 2.05) is 19.1 Å². The summed E-state index contributed by atoms with van der Waals surface area (Å²) in [6.07, 6.45) is -0.183. The highest BCUT2D eigenvalue weighted by Gasteiger charge is 2.29. The predicted molar refractivity (Wildman–Crippen MR) is 119 cm³/mol. The monoisotopic (exact) mass is 496 g/mol. The van der Waals surface area contributed by atoms with Crippen molar-refractivity contribution in [1.82, 2.24) is 0 Å². The summed E-state index contributed by atoms with van der Waals surface area (Å²) in [7, 11) is -3.74. The van der Waals surface area contributed by atoms with Gasteiger partial charge >= 0.3 is 0 Å². The third-order valence-corrected chi connectivity index (χ3v) is 8.58. The zero-order chi connectivity index (χ0) is 21.3. The molecule has 1 aliphatic heterocycles. The van der Waals surface area contributed by atoms with E-state index in [0.717, 1.165) is 14.9 Å². The first kappa shape index (κ1) is 21.9. The Kier molecular flexibility index (Phi) is 6.40. The van der Waals surface area contributed by atoms with Crippen LogP contribution in [0.5, 0.6) is 0 Å². The summed E-state index contributed by atoms with van der Waals surface area (Å²) >= 11 is 4.78. The lowest BCUT2D eigenvalue weighted by Crippen LogP contribution is -2.27. The van der Waals surface area contributed by atoms with Crippen LogP contribution in [0.25, 0.3) is 0 Å². The van der Waals surface area contributed by atoms with Crippen LogP contribution >= 0.6 is 27.7 Å². The minimum Gasteiger partial charge on any atom is -0.325 e. The first-order valence-electron chi connectivity index (χ1n) is 8.99. The SMILES string of the molecule is Cc1ccc(NC(=O)CC(C)S(=O)(=O)c2ccc3c(c2)NC(=O)C(C)S3)c(Br)c1. The van der Waals surface area contributed by atoms with Crippen LogP contribution in [-0.4, -0.2) is 30.7 Å². The summed E-state index contributed by atoms with van der Waals surface area (Å²) in [4.78, 5) is 25.2. The molecule has 2 aromatic rings. The molecule has 2 amide bonds. The Bertz CT molecular complexity index is 1090. The maximum atomic E-state index is 13.0. The van der Waals surface area contributed by atoms with Crippen molar-refractivity contribution in [2.45, 2.75) is 47.5 Å². The number of carbonyl (C=O) groups is 2. The van der Waals surface area contributed by atoms with Crippen LogP contribution in [-0.2, 0) is 19.4 Å². The molecule has 154 valence electrons. The number of carbonyl (C=O) groups excluding carboxylic acids is 2. The van der Waals surface area contributed by atoms with Crippen molar-refractivity contribution in [2.24, 2.45) is 0 Å². The Morgan fingerprint density at radius 3 is 2.69 bits per heavy atom. The third-order valence-electron chi connectivity index (χ3n) is 4.61. The smallest absolute Gasteiger partial charge is 0.237 e. The third kappa shape index (κ3) is 4.84. The van der Waals surface area contributed by atoms with E-state index in [2.05, 4.69) is 26.6 Å². The Morgan fingerprint density at radius 1 is 1.28 bits per heavy atom. The standard InChI is InChI=1S/C20H21BrN2O4S2/c1-11-4-6-16(15(21)8-11)22-19(24)9-12(2)29(26,27)14-5-7-18-17(10-14)23-20(25)13(3)28-18/h4-8,10,12-13H,9H2,1-3H3,(H,22,24)(H,23,25). The van der Waals surface area contributed by atoms with Crippen molar-refractivity contribution < 1.29 is 18.0 Å². The Morgan fingerprint density at radius 2 is 2.00 bits per heavy atom. The molecule has 0 aromatic heterocycles. The Hall–Kier alpha value is -1.84. The fourth-order valence-electron chi connectivity index (χ4n) is 2.89. The molecule has 2 atom stereocenters. The molecule has 1 heterocycles. The van der Waals surface area contributed by atoms with E-state index in [1.54, 1.807) is 19.1 Å². The van der Waals surface area contributed by atoms with Crippen molar-refractivity contribution in [3.63, 3.8) is 0 Å². The molecule has 1 aliphatic rings. The van der Waals surface area contributed by atoms with Gasteiger partial charge in [0.25, 0.3) is 0 Å². The van der Waals surface area contributed by atoms with Crippen molar-refractivity contribution >= 4 is 60.7 Å². The Labute approximate surface area is 182 Å². The lowest BCUT2D eigenvalue weighted by atomic mass is 10.2. The molecule has 29 heavy (non-hydrogen) atoms. The highest BCUT2D eigenvalue weighted by Crippen LogP contribution is 2.37. The summed E-state index contributed by atoms with van der Waals surface area (Å²) in [5.74, 6) is -0.547. The molecule has 2 N–H and O–H groups in total. The zero-order valence-electron chi connectivity index (χ0n) is 16.2. The number of halogens is 1. The number of nitrogens with one attached hydrogen (secondary N) is 2. The Balaban J connectivity index is 1.74. The zero-order valence-corrected chi connectivity index (χ0v) is 19.4. The van der Waals surface area contributed by atoms with Gasteiger partial charge in [-0.2, -0.15) is 0 Å². The molecule has 2 aromatic carbocycles. The maximum absolute atomic E-state index is 13.0. The summed E-state index contributed by atoms with van der Waals surface area (Å²) in [5.41, 5.74) is 2.12. The molecule has 0 fully saturated rings. The lowest BCUT2D eigenvalue weighted by molar-refractivity contribution is -0.116. The van der Waals surface area contributed by atoms with E-state index < -0.39 is 15.1 Å². The van der Waals surface area contributed by atoms with Crippen LogP contribution in [0, 0.1) is 6.92 Å². The predicted octanol–water partition coefficient (Wildman–Crippen LogP) is 4.38. The number of anilines is 2. The summed E-state index contributed by atoms with van der Waals surface area (Å²) in [6.45, 7) is 5.24. The van der Waals surface area contributed by atoms with Gasteiger partial charge in [0.05, 0.1) is 26.8 Å². The van der Waals surface area contributed by atoms with Crippen LogP contribution < -0.4 is 10.6 Å². The van der Waals surface area contributed by atoms with Crippen LogP contribution in [0.3, 0.4) is 0 Å². The largest absolute Gasteiger partial charge is 0.325 e. The van der Waals surface area contributed by atoms with E-state index >= 15 is 0 Å². The average Bonchev–Trinajstić information content (AvgIpc) is 2.64.